The Morgan fingerprint density at radius 3 is 2.79 bits per heavy atom. The van der Waals surface area contributed by atoms with Crippen LogP contribution in [0.25, 0.3) is 0 Å². The smallest absolute Gasteiger partial charge is 0.379 e. The van der Waals surface area contributed by atoms with Gasteiger partial charge in [-0.05, 0) is 24.8 Å². The van der Waals surface area contributed by atoms with Crippen molar-refractivity contribution >= 4 is 5.91 Å². The summed E-state index contributed by atoms with van der Waals surface area (Å²) >= 11 is 0. The van der Waals surface area contributed by atoms with E-state index in [0.29, 0.717) is 12.5 Å². The second-order valence-electron chi connectivity index (χ2n) is 4.81. The Bertz CT molecular complexity index is 452. The van der Waals surface area contributed by atoms with Crippen LogP contribution in [0.5, 0.6) is 0 Å². The highest BCUT2D eigenvalue weighted by Crippen LogP contribution is 2.32. The van der Waals surface area contributed by atoms with Crippen molar-refractivity contribution in [1.29, 1.82) is 0 Å². The summed E-state index contributed by atoms with van der Waals surface area (Å²) in [5.41, 5.74) is -0.262. The molecular formula is C12H15F3N2O2. The number of hydrogen-bond donors (Lipinski definition) is 2. The van der Waals surface area contributed by atoms with E-state index in [9.17, 15) is 18.0 Å². The van der Waals surface area contributed by atoms with Crippen LogP contribution in [0.2, 0.25) is 0 Å². The summed E-state index contributed by atoms with van der Waals surface area (Å²) in [6, 6.07) is 1.16. The van der Waals surface area contributed by atoms with E-state index in [1.165, 1.54) is 10.8 Å². The van der Waals surface area contributed by atoms with Crippen LogP contribution in [0, 0.1) is 5.92 Å². The standard InChI is InChI=1S/C12H15F3N2O2/c13-12(14,15)11(19)9-3-4-17(6-9)7-10(18)16-5-8-1-2-8/h3-4,6,8,11,19H,1-2,5,7H2,(H,16,18). The topological polar surface area (TPSA) is 54.3 Å². The van der Waals surface area contributed by atoms with Crippen molar-refractivity contribution in [2.75, 3.05) is 6.54 Å². The van der Waals surface area contributed by atoms with Crippen LogP contribution in [0.3, 0.4) is 0 Å². The van der Waals surface area contributed by atoms with Crippen LogP contribution in [0.1, 0.15) is 24.5 Å². The highest BCUT2D eigenvalue weighted by Gasteiger charge is 2.39. The van der Waals surface area contributed by atoms with Gasteiger partial charge in [0.05, 0.1) is 0 Å². The number of alkyl halides is 3. The molecule has 1 atom stereocenters. The SMILES string of the molecule is O=C(Cn1ccc(C(O)C(F)(F)F)c1)NCC1CC1. The van der Waals surface area contributed by atoms with Crippen molar-refractivity contribution < 1.29 is 23.1 Å². The van der Waals surface area contributed by atoms with Gasteiger partial charge in [-0.3, -0.25) is 4.79 Å². The van der Waals surface area contributed by atoms with Crippen LogP contribution in [0.15, 0.2) is 18.5 Å². The summed E-state index contributed by atoms with van der Waals surface area (Å²) in [7, 11) is 0. The Hall–Kier alpha value is -1.50. The number of nitrogens with zero attached hydrogens (tertiary/aromatic N) is 1. The molecule has 7 heteroatoms. The van der Waals surface area contributed by atoms with Crippen LogP contribution in [-0.2, 0) is 11.3 Å². The van der Waals surface area contributed by atoms with E-state index >= 15 is 0 Å². The molecule has 0 aliphatic heterocycles. The zero-order valence-electron chi connectivity index (χ0n) is 10.2. The van der Waals surface area contributed by atoms with Gasteiger partial charge in [0.25, 0.3) is 0 Å². The van der Waals surface area contributed by atoms with E-state index in [-0.39, 0.29) is 18.0 Å². The van der Waals surface area contributed by atoms with Crippen molar-refractivity contribution in [3.8, 4) is 0 Å². The number of amides is 1. The number of carbonyl (C=O) groups is 1. The summed E-state index contributed by atoms with van der Waals surface area (Å²) in [4.78, 5) is 11.5. The molecule has 1 heterocycles. The average molecular weight is 276 g/mol. The number of aromatic nitrogens is 1. The number of aliphatic hydroxyl groups excluding tert-OH is 1. The van der Waals surface area contributed by atoms with Crippen LogP contribution >= 0.6 is 0 Å². The van der Waals surface area contributed by atoms with Crippen molar-refractivity contribution in [1.82, 2.24) is 9.88 Å². The van der Waals surface area contributed by atoms with E-state index < -0.39 is 12.3 Å². The fraction of sp³-hybridized carbons (Fsp3) is 0.583. The second-order valence-corrected chi connectivity index (χ2v) is 4.81. The Kier molecular flexibility index (Phi) is 3.84. The first-order valence-electron chi connectivity index (χ1n) is 6.03. The molecule has 2 rings (SSSR count). The summed E-state index contributed by atoms with van der Waals surface area (Å²) in [5.74, 6) is 0.312. The Balaban J connectivity index is 1.87. The van der Waals surface area contributed by atoms with Gasteiger partial charge < -0.3 is 15.0 Å². The Morgan fingerprint density at radius 2 is 2.21 bits per heavy atom. The highest BCUT2D eigenvalue weighted by molar-refractivity contribution is 5.75. The van der Waals surface area contributed by atoms with Crippen molar-refractivity contribution in [3.05, 3.63) is 24.0 Å². The van der Waals surface area contributed by atoms with E-state index in [2.05, 4.69) is 5.32 Å². The normalized spacial score (nSPS) is 17.3. The van der Waals surface area contributed by atoms with Gasteiger partial charge in [-0.15, -0.1) is 0 Å². The Labute approximate surface area is 108 Å². The molecule has 1 aromatic heterocycles. The van der Waals surface area contributed by atoms with Gasteiger partial charge in [-0.2, -0.15) is 13.2 Å². The predicted molar refractivity (Wildman–Crippen MR) is 61.2 cm³/mol. The number of nitrogens with one attached hydrogen (secondary N) is 1. The largest absolute Gasteiger partial charge is 0.418 e. The lowest BCUT2D eigenvalue weighted by Crippen LogP contribution is -2.29. The van der Waals surface area contributed by atoms with Crippen LogP contribution in [0.4, 0.5) is 13.2 Å². The number of hydrogen-bond acceptors (Lipinski definition) is 2. The van der Waals surface area contributed by atoms with Gasteiger partial charge in [-0.25, -0.2) is 0 Å². The molecule has 0 radical (unpaired) electrons. The van der Waals surface area contributed by atoms with Gasteiger partial charge in [-0.1, -0.05) is 0 Å². The third kappa shape index (κ3) is 3.99. The van der Waals surface area contributed by atoms with Gasteiger partial charge in [0.15, 0.2) is 6.10 Å². The molecule has 1 saturated carbocycles. The predicted octanol–water partition coefficient (Wildman–Crippen LogP) is 1.61. The Morgan fingerprint density at radius 1 is 1.53 bits per heavy atom. The summed E-state index contributed by atoms with van der Waals surface area (Å²) in [6.45, 7) is 0.579. The minimum atomic E-state index is -4.69. The molecular weight excluding hydrogens is 261 g/mol. The zero-order valence-corrected chi connectivity index (χ0v) is 10.2. The molecule has 19 heavy (non-hydrogen) atoms. The summed E-state index contributed by atoms with van der Waals surface area (Å²) < 4.78 is 38.2. The maximum atomic E-state index is 12.3. The van der Waals surface area contributed by atoms with E-state index in [1.54, 1.807) is 0 Å². The monoisotopic (exact) mass is 276 g/mol. The molecule has 2 N–H and O–H groups in total. The van der Waals surface area contributed by atoms with E-state index in [1.807, 2.05) is 0 Å². The molecule has 1 aliphatic rings. The minimum Gasteiger partial charge on any atom is -0.379 e. The minimum absolute atomic E-state index is 0.0443. The molecule has 0 bridgehead atoms. The van der Waals surface area contributed by atoms with Gasteiger partial charge >= 0.3 is 6.18 Å². The quantitative estimate of drug-likeness (QED) is 0.858. The van der Waals surface area contributed by atoms with Crippen molar-refractivity contribution in [2.24, 2.45) is 5.92 Å². The average Bonchev–Trinajstić information content (AvgIpc) is 3.04. The first kappa shape index (κ1) is 13.9. The van der Waals surface area contributed by atoms with E-state index in [4.69, 9.17) is 5.11 Å². The highest BCUT2D eigenvalue weighted by atomic mass is 19.4. The van der Waals surface area contributed by atoms with Crippen LogP contribution in [-0.4, -0.2) is 28.3 Å². The molecule has 0 spiro atoms. The number of carbonyl (C=O) groups excluding carboxylic acids is 1. The molecule has 1 aliphatic carbocycles. The van der Waals surface area contributed by atoms with Crippen LogP contribution < -0.4 is 5.32 Å². The summed E-state index contributed by atoms with van der Waals surface area (Å²) in [5, 5.41) is 11.8. The fourth-order valence-electron chi connectivity index (χ4n) is 1.71. The lowest BCUT2D eigenvalue weighted by atomic mass is 10.2. The first-order valence-corrected chi connectivity index (χ1v) is 6.03. The van der Waals surface area contributed by atoms with Gasteiger partial charge in [0, 0.05) is 24.5 Å². The lowest BCUT2D eigenvalue weighted by molar-refractivity contribution is -0.206. The first-order chi connectivity index (χ1) is 8.86. The summed E-state index contributed by atoms with van der Waals surface area (Å²) in [6.07, 6.45) is -2.49. The maximum absolute atomic E-state index is 12.3. The fourth-order valence-corrected chi connectivity index (χ4v) is 1.71. The van der Waals surface area contributed by atoms with Crippen molar-refractivity contribution in [2.45, 2.75) is 31.7 Å². The third-order valence-electron chi connectivity index (χ3n) is 3.01. The second kappa shape index (κ2) is 5.24. The number of halogens is 3. The molecule has 1 unspecified atom stereocenters. The number of rotatable bonds is 5. The van der Waals surface area contributed by atoms with E-state index in [0.717, 1.165) is 25.1 Å². The van der Waals surface area contributed by atoms with Gasteiger partial charge in [0.2, 0.25) is 5.91 Å². The third-order valence-corrected chi connectivity index (χ3v) is 3.01. The molecule has 4 nitrogen and oxygen atoms in total. The van der Waals surface area contributed by atoms with Gasteiger partial charge in [0.1, 0.15) is 6.54 Å². The maximum Gasteiger partial charge on any atom is 0.418 e. The molecule has 0 aromatic carbocycles. The molecule has 1 aromatic rings. The molecule has 0 saturated heterocycles. The molecule has 106 valence electrons. The van der Waals surface area contributed by atoms with Crippen molar-refractivity contribution in [3.63, 3.8) is 0 Å². The molecule has 1 amide bonds. The lowest BCUT2D eigenvalue weighted by Gasteiger charge is -2.12. The zero-order chi connectivity index (χ0) is 14.0. The molecule has 1 fully saturated rings. The number of aliphatic hydroxyl groups is 1.